The lowest BCUT2D eigenvalue weighted by Crippen LogP contribution is -2.54. The van der Waals surface area contributed by atoms with Crippen LogP contribution in [0.25, 0.3) is 6.08 Å². The van der Waals surface area contributed by atoms with Crippen molar-refractivity contribution < 1.29 is 18.7 Å². The van der Waals surface area contributed by atoms with Crippen molar-refractivity contribution >= 4 is 36.1 Å². The van der Waals surface area contributed by atoms with Crippen molar-refractivity contribution in [2.75, 3.05) is 20.8 Å². The Morgan fingerprint density at radius 2 is 1.94 bits per heavy atom. The minimum absolute atomic E-state index is 0.0518. The minimum atomic E-state index is -1.91. The van der Waals surface area contributed by atoms with E-state index in [2.05, 4.69) is 68.5 Å². The average molecular weight is 522 g/mol. The van der Waals surface area contributed by atoms with E-state index in [-0.39, 0.29) is 28.8 Å². The smallest absolute Gasteiger partial charge is 0.191 e. The number of Topliss-reactive ketones (excluding diaryl/α,β-unsaturated/α-hetero) is 1. The molecule has 0 N–H and O–H groups in total. The largest absolute Gasteiger partial charge is 0.497 e. The van der Waals surface area contributed by atoms with Gasteiger partial charge in [0.15, 0.2) is 14.1 Å². The zero-order valence-electron chi connectivity index (χ0n) is 20.5. The highest BCUT2D eigenvalue weighted by Gasteiger charge is 2.56. The number of rotatable bonds is 6. The second-order valence-corrected chi connectivity index (χ2v) is 16.2. The molecule has 2 aliphatic carbocycles. The summed E-state index contributed by atoms with van der Waals surface area (Å²) in [7, 11) is 1.43. The Hall–Kier alpha value is -1.21. The van der Waals surface area contributed by atoms with Gasteiger partial charge in [0.2, 0.25) is 0 Å². The molecule has 0 heterocycles. The van der Waals surface area contributed by atoms with Crippen molar-refractivity contribution in [2.24, 2.45) is 17.3 Å². The van der Waals surface area contributed by atoms with Crippen molar-refractivity contribution in [1.82, 2.24) is 0 Å². The topological polar surface area (TPSA) is 44.8 Å². The van der Waals surface area contributed by atoms with Gasteiger partial charge in [-0.15, -0.1) is 6.58 Å². The van der Waals surface area contributed by atoms with Gasteiger partial charge in [0.1, 0.15) is 5.75 Å². The number of hydrogen-bond donors (Lipinski definition) is 0. The van der Waals surface area contributed by atoms with Crippen LogP contribution >= 0.6 is 15.9 Å². The molecule has 0 bridgehead atoms. The first-order valence-corrected chi connectivity index (χ1v) is 15.0. The van der Waals surface area contributed by atoms with Crippen LogP contribution in [0, 0.1) is 17.3 Å². The fourth-order valence-corrected chi connectivity index (χ4v) is 6.61. The molecule has 1 fully saturated rings. The number of carbonyl (C=O) groups excluding carboxylic acids is 1. The summed E-state index contributed by atoms with van der Waals surface area (Å²) in [5, 5.41) is 0.138. The maximum absolute atomic E-state index is 14.2. The van der Waals surface area contributed by atoms with Gasteiger partial charge in [-0.2, -0.15) is 0 Å². The SMILES string of the molecule is C=C[C@@]12C(=O)c3c(Br)cc(OC)cc3C=C[C@@H]1[C@H](CO[Si](C)(C)C(C)(C)C)CC[C@@H]2OC. The van der Waals surface area contributed by atoms with Crippen molar-refractivity contribution in [2.45, 2.75) is 57.8 Å². The van der Waals surface area contributed by atoms with Crippen LogP contribution in [-0.4, -0.2) is 41.0 Å². The van der Waals surface area contributed by atoms with Crippen molar-refractivity contribution in [3.63, 3.8) is 0 Å². The van der Waals surface area contributed by atoms with Crippen LogP contribution in [0.1, 0.15) is 49.5 Å². The molecule has 176 valence electrons. The van der Waals surface area contributed by atoms with E-state index in [9.17, 15) is 4.79 Å². The Bertz CT molecular complexity index is 917. The van der Waals surface area contributed by atoms with Crippen LogP contribution < -0.4 is 4.74 Å². The van der Waals surface area contributed by atoms with Crippen LogP contribution in [0.15, 0.2) is 35.3 Å². The van der Waals surface area contributed by atoms with Gasteiger partial charge in [0.25, 0.3) is 0 Å². The van der Waals surface area contributed by atoms with E-state index in [4.69, 9.17) is 13.9 Å². The average Bonchev–Trinajstić information content (AvgIpc) is 2.86. The van der Waals surface area contributed by atoms with Gasteiger partial charge in [0, 0.05) is 29.7 Å². The van der Waals surface area contributed by atoms with Crippen LogP contribution in [-0.2, 0) is 9.16 Å². The van der Waals surface area contributed by atoms with Crippen molar-refractivity contribution in [3.05, 3.63) is 46.5 Å². The summed E-state index contributed by atoms with van der Waals surface area (Å²) < 4.78 is 18.8. The second kappa shape index (κ2) is 9.20. The van der Waals surface area contributed by atoms with E-state index >= 15 is 0 Å². The first-order chi connectivity index (χ1) is 14.9. The van der Waals surface area contributed by atoms with Crippen LogP contribution in [0.5, 0.6) is 5.75 Å². The summed E-state index contributed by atoms with van der Waals surface area (Å²) in [5.41, 5.74) is 0.682. The van der Waals surface area contributed by atoms with E-state index in [1.165, 1.54) is 0 Å². The first-order valence-electron chi connectivity index (χ1n) is 11.3. The molecule has 0 aromatic heterocycles. The molecule has 1 saturated carbocycles. The predicted molar refractivity (Wildman–Crippen MR) is 137 cm³/mol. The van der Waals surface area contributed by atoms with Gasteiger partial charge in [-0.1, -0.05) is 39.0 Å². The lowest BCUT2D eigenvalue weighted by molar-refractivity contribution is -0.0485. The van der Waals surface area contributed by atoms with Gasteiger partial charge in [-0.3, -0.25) is 4.79 Å². The molecular formula is C26H37BrO4Si. The van der Waals surface area contributed by atoms with Crippen molar-refractivity contribution in [1.29, 1.82) is 0 Å². The van der Waals surface area contributed by atoms with E-state index in [0.717, 1.165) is 22.9 Å². The Morgan fingerprint density at radius 1 is 1.25 bits per heavy atom. The van der Waals surface area contributed by atoms with E-state index in [1.807, 2.05) is 18.2 Å². The van der Waals surface area contributed by atoms with E-state index in [0.29, 0.717) is 17.9 Å². The highest BCUT2D eigenvalue weighted by Crippen LogP contribution is 2.53. The quantitative estimate of drug-likeness (QED) is 0.302. The van der Waals surface area contributed by atoms with E-state index < -0.39 is 13.7 Å². The Kier molecular flexibility index (Phi) is 7.31. The molecule has 0 unspecified atom stereocenters. The Labute approximate surface area is 202 Å². The first kappa shape index (κ1) is 25.4. The summed E-state index contributed by atoms with van der Waals surface area (Å²) in [6.07, 6.45) is 7.60. The molecule has 6 heteroatoms. The number of halogens is 1. The number of fused-ring (bicyclic) bond motifs is 2. The maximum Gasteiger partial charge on any atom is 0.191 e. The summed E-state index contributed by atoms with van der Waals surface area (Å²) in [6.45, 7) is 16.1. The van der Waals surface area contributed by atoms with Crippen molar-refractivity contribution in [3.8, 4) is 5.75 Å². The maximum atomic E-state index is 14.2. The molecule has 32 heavy (non-hydrogen) atoms. The molecule has 0 saturated heterocycles. The fraction of sp³-hybridized carbons (Fsp3) is 0.577. The Morgan fingerprint density at radius 3 is 2.50 bits per heavy atom. The summed E-state index contributed by atoms with van der Waals surface area (Å²) in [6, 6.07) is 3.77. The second-order valence-electron chi connectivity index (χ2n) is 10.6. The Balaban J connectivity index is 2.08. The van der Waals surface area contributed by atoms with Gasteiger partial charge < -0.3 is 13.9 Å². The number of methoxy groups -OCH3 is 2. The summed E-state index contributed by atoms with van der Waals surface area (Å²) >= 11 is 3.63. The van der Waals surface area contributed by atoms with Gasteiger partial charge in [0.05, 0.1) is 18.6 Å². The van der Waals surface area contributed by atoms with E-state index in [1.54, 1.807) is 14.2 Å². The molecule has 0 aliphatic heterocycles. The number of allylic oxidation sites excluding steroid dienone is 1. The number of ketones is 1. The zero-order chi connectivity index (χ0) is 23.9. The fourth-order valence-electron chi connectivity index (χ4n) is 4.91. The highest BCUT2D eigenvalue weighted by molar-refractivity contribution is 9.10. The summed E-state index contributed by atoms with van der Waals surface area (Å²) in [5.74, 6) is 0.924. The van der Waals surface area contributed by atoms with Gasteiger partial charge in [-0.25, -0.2) is 0 Å². The minimum Gasteiger partial charge on any atom is -0.497 e. The lowest BCUT2D eigenvalue weighted by Gasteiger charge is -2.49. The highest BCUT2D eigenvalue weighted by atomic mass is 79.9. The summed E-state index contributed by atoms with van der Waals surface area (Å²) in [4.78, 5) is 14.2. The zero-order valence-corrected chi connectivity index (χ0v) is 23.0. The molecule has 0 amide bonds. The van der Waals surface area contributed by atoms with Crippen LogP contribution in [0.2, 0.25) is 18.1 Å². The predicted octanol–water partition coefficient (Wildman–Crippen LogP) is 6.90. The third kappa shape index (κ3) is 4.20. The monoisotopic (exact) mass is 520 g/mol. The number of benzene rings is 1. The number of carbonyl (C=O) groups is 1. The molecule has 4 nitrogen and oxygen atoms in total. The number of ether oxygens (including phenoxy) is 2. The third-order valence-corrected chi connectivity index (χ3v) is 13.0. The molecule has 1 aromatic carbocycles. The standard InChI is InChI=1S/C26H37BrO4Si/c1-9-26-20(12-10-17-14-19(29-5)15-21(27)23(17)24(26)28)18(11-13-22(26)30-6)16-31-32(7,8)25(2,3)4/h9-10,12,14-15,18,20,22H,1,11,13,16H2,2-8H3/t18-,20+,22-,26+/m0/s1. The number of hydrogen-bond acceptors (Lipinski definition) is 4. The molecular weight excluding hydrogens is 484 g/mol. The normalized spacial score (nSPS) is 28.0. The molecule has 1 aromatic rings. The van der Waals surface area contributed by atoms with Crippen LogP contribution in [0.3, 0.4) is 0 Å². The molecule has 0 spiro atoms. The lowest BCUT2D eigenvalue weighted by atomic mass is 9.57. The molecule has 3 rings (SSSR count). The van der Waals surface area contributed by atoms with Gasteiger partial charge in [-0.05, 0) is 70.5 Å². The third-order valence-electron chi connectivity index (χ3n) is 7.91. The molecule has 2 aliphatic rings. The molecule has 4 atom stereocenters. The van der Waals surface area contributed by atoms with Gasteiger partial charge >= 0.3 is 0 Å². The molecule has 0 radical (unpaired) electrons. The van der Waals surface area contributed by atoms with Crippen LogP contribution in [0.4, 0.5) is 0 Å².